The van der Waals surface area contributed by atoms with E-state index < -0.39 is 5.60 Å². The van der Waals surface area contributed by atoms with E-state index in [1.165, 1.54) is 0 Å². The average Bonchev–Trinajstić information content (AvgIpc) is 3.02. The highest BCUT2D eigenvalue weighted by atomic mass is 32.2. The van der Waals surface area contributed by atoms with Gasteiger partial charge in [-0.25, -0.2) is 15.0 Å². The lowest BCUT2D eigenvalue weighted by Crippen LogP contribution is -2.43. The molecule has 0 atom stereocenters. The van der Waals surface area contributed by atoms with Gasteiger partial charge in [0.05, 0.1) is 10.6 Å². The number of thiazole rings is 1. The van der Waals surface area contributed by atoms with Gasteiger partial charge in [0.15, 0.2) is 11.0 Å². The van der Waals surface area contributed by atoms with Crippen LogP contribution in [0.3, 0.4) is 0 Å². The number of aromatic nitrogens is 3. The highest BCUT2D eigenvalue weighted by molar-refractivity contribution is 7.98. The molecule has 1 fully saturated rings. The molecule has 0 radical (unpaired) electrons. The van der Waals surface area contributed by atoms with Crippen molar-refractivity contribution in [3.8, 4) is 0 Å². The van der Waals surface area contributed by atoms with Crippen LogP contribution in [0.25, 0.3) is 10.3 Å². The number of nitrogens with zero attached hydrogens (tertiary/aromatic N) is 4. The van der Waals surface area contributed by atoms with E-state index in [9.17, 15) is 5.11 Å². The lowest BCUT2D eigenvalue weighted by Gasteiger charge is -2.39. The van der Waals surface area contributed by atoms with E-state index in [1.54, 1.807) is 23.1 Å². The van der Waals surface area contributed by atoms with Gasteiger partial charge in [0.1, 0.15) is 10.3 Å². The van der Waals surface area contributed by atoms with Gasteiger partial charge in [-0.3, -0.25) is 0 Å². The molecule has 25 heavy (non-hydrogen) atoms. The largest absolute Gasteiger partial charge is 0.385 e. The lowest BCUT2D eigenvalue weighted by molar-refractivity contribution is 0.0117. The second kappa shape index (κ2) is 6.55. The van der Waals surface area contributed by atoms with Crippen molar-refractivity contribution in [2.24, 2.45) is 0 Å². The molecule has 3 aromatic rings. The molecular formula is C18H20N4OS2. The minimum atomic E-state index is -0.760. The molecule has 0 bridgehead atoms. The molecule has 7 heteroatoms. The molecule has 130 valence electrons. The first-order valence-corrected chi connectivity index (χ1v) is 10.4. The number of thioether (sulfide) groups is 1. The van der Waals surface area contributed by atoms with E-state index in [4.69, 9.17) is 4.98 Å². The van der Waals surface area contributed by atoms with Crippen LogP contribution in [0.2, 0.25) is 0 Å². The van der Waals surface area contributed by atoms with Crippen LogP contribution in [0.15, 0.2) is 35.5 Å². The van der Waals surface area contributed by atoms with Crippen molar-refractivity contribution in [2.75, 3.05) is 24.2 Å². The third-order valence-electron chi connectivity index (χ3n) is 4.71. The second-order valence-corrected chi connectivity index (χ2v) is 8.26. The molecule has 1 saturated heterocycles. The first kappa shape index (κ1) is 16.8. The monoisotopic (exact) mass is 372 g/mol. The Morgan fingerprint density at radius 1 is 1.12 bits per heavy atom. The van der Waals surface area contributed by atoms with E-state index in [0.29, 0.717) is 12.8 Å². The van der Waals surface area contributed by atoms with Gasteiger partial charge in [0.25, 0.3) is 0 Å². The number of fused-ring (bicyclic) bond motifs is 1. The Morgan fingerprint density at radius 2 is 1.84 bits per heavy atom. The zero-order valence-corrected chi connectivity index (χ0v) is 15.9. The Hall–Kier alpha value is -1.70. The van der Waals surface area contributed by atoms with Gasteiger partial charge in [-0.05, 0) is 31.6 Å². The van der Waals surface area contributed by atoms with Gasteiger partial charge >= 0.3 is 0 Å². The number of piperidine rings is 1. The third kappa shape index (κ3) is 3.12. The summed E-state index contributed by atoms with van der Waals surface area (Å²) in [5.41, 5.74) is 1.12. The number of aliphatic hydroxyl groups is 1. The summed E-state index contributed by atoms with van der Waals surface area (Å²) in [4.78, 5) is 17.1. The number of hydrogen-bond acceptors (Lipinski definition) is 7. The first-order chi connectivity index (χ1) is 12.1. The summed E-state index contributed by atoms with van der Waals surface area (Å²) in [6.45, 7) is 3.50. The first-order valence-electron chi connectivity index (χ1n) is 8.31. The summed E-state index contributed by atoms with van der Waals surface area (Å²) >= 11 is 3.15. The minimum Gasteiger partial charge on any atom is -0.385 e. The Labute approximate surface area is 155 Å². The SMILES string of the molecule is CSc1nc(N2CCC(O)(c3ccccc3)CC2)c2nc(C)sc2n1. The number of rotatable bonds is 3. The van der Waals surface area contributed by atoms with Crippen molar-refractivity contribution in [2.45, 2.75) is 30.5 Å². The van der Waals surface area contributed by atoms with Gasteiger partial charge in [-0.15, -0.1) is 0 Å². The molecule has 0 unspecified atom stereocenters. The number of aryl methyl sites for hydroxylation is 1. The zero-order chi connectivity index (χ0) is 17.4. The molecule has 3 heterocycles. The summed E-state index contributed by atoms with van der Waals surface area (Å²) in [5, 5.41) is 12.8. The van der Waals surface area contributed by atoms with Gasteiger partial charge in [-0.2, -0.15) is 0 Å². The number of anilines is 1. The summed E-state index contributed by atoms with van der Waals surface area (Å²) < 4.78 is 0. The van der Waals surface area contributed by atoms with Crippen molar-refractivity contribution >= 4 is 39.3 Å². The average molecular weight is 373 g/mol. The Morgan fingerprint density at radius 3 is 2.52 bits per heavy atom. The van der Waals surface area contributed by atoms with Crippen molar-refractivity contribution in [1.29, 1.82) is 0 Å². The second-order valence-electron chi connectivity index (χ2n) is 6.31. The predicted octanol–water partition coefficient (Wildman–Crippen LogP) is 3.60. The van der Waals surface area contributed by atoms with Gasteiger partial charge in [-0.1, -0.05) is 53.4 Å². The van der Waals surface area contributed by atoms with Crippen molar-refractivity contribution in [3.05, 3.63) is 40.9 Å². The van der Waals surface area contributed by atoms with E-state index in [0.717, 1.165) is 45.0 Å². The molecule has 0 saturated carbocycles. The van der Waals surface area contributed by atoms with Crippen LogP contribution >= 0.6 is 23.1 Å². The molecule has 2 aromatic heterocycles. The molecule has 5 nitrogen and oxygen atoms in total. The third-order valence-corrected chi connectivity index (χ3v) is 6.12. The van der Waals surface area contributed by atoms with E-state index in [-0.39, 0.29) is 0 Å². The highest BCUT2D eigenvalue weighted by Crippen LogP contribution is 2.36. The maximum absolute atomic E-state index is 11.0. The van der Waals surface area contributed by atoms with Crippen LogP contribution in [0.1, 0.15) is 23.4 Å². The molecular weight excluding hydrogens is 352 g/mol. The summed E-state index contributed by atoms with van der Waals surface area (Å²) in [7, 11) is 0. The van der Waals surface area contributed by atoms with Crippen LogP contribution in [0.5, 0.6) is 0 Å². The quantitative estimate of drug-likeness (QED) is 0.560. The normalized spacial score (nSPS) is 17.2. The Bertz CT molecular complexity index is 889. The fourth-order valence-corrected chi connectivity index (χ4v) is 4.53. The molecule has 0 aliphatic carbocycles. The van der Waals surface area contributed by atoms with Crippen molar-refractivity contribution in [3.63, 3.8) is 0 Å². The molecule has 0 spiro atoms. The number of hydrogen-bond donors (Lipinski definition) is 1. The minimum absolute atomic E-state index is 0.681. The topological polar surface area (TPSA) is 62.1 Å². The van der Waals surface area contributed by atoms with E-state index in [2.05, 4.69) is 14.9 Å². The lowest BCUT2D eigenvalue weighted by atomic mass is 9.84. The van der Waals surface area contributed by atoms with E-state index in [1.807, 2.05) is 43.5 Å². The fraction of sp³-hybridized carbons (Fsp3) is 0.389. The molecule has 1 N–H and O–H groups in total. The van der Waals surface area contributed by atoms with Crippen LogP contribution in [0.4, 0.5) is 5.82 Å². The van der Waals surface area contributed by atoms with Crippen molar-refractivity contribution < 1.29 is 5.11 Å². The molecule has 1 aliphatic rings. The van der Waals surface area contributed by atoms with Crippen LogP contribution in [-0.2, 0) is 5.60 Å². The Balaban J connectivity index is 1.64. The van der Waals surface area contributed by atoms with Crippen molar-refractivity contribution in [1.82, 2.24) is 15.0 Å². The number of benzene rings is 1. The van der Waals surface area contributed by atoms with Gasteiger partial charge in [0.2, 0.25) is 0 Å². The summed E-state index contributed by atoms with van der Waals surface area (Å²) in [5.74, 6) is 0.897. The highest BCUT2D eigenvalue weighted by Gasteiger charge is 2.35. The Kier molecular flexibility index (Phi) is 4.39. The van der Waals surface area contributed by atoms with Crippen LogP contribution < -0.4 is 4.90 Å². The summed E-state index contributed by atoms with van der Waals surface area (Å²) in [6.07, 6.45) is 3.35. The van der Waals surface area contributed by atoms with Gasteiger partial charge < -0.3 is 10.0 Å². The predicted molar refractivity (Wildman–Crippen MR) is 104 cm³/mol. The van der Waals surface area contributed by atoms with Crippen LogP contribution in [0, 0.1) is 6.92 Å². The standard InChI is InChI=1S/C18H20N4OS2/c1-12-19-14-15(20-17(24-2)21-16(14)25-12)22-10-8-18(23,9-11-22)13-6-4-3-5-7-13/h3-7,23H,8-11H2,1-2H3. The molecule has 4 rings (SSSR count). The smallest absolute Gasteiger partial charge is 0.190 e. The fourth-order valence-electron chi connectivity index (χ4n) is 3.33. The molecule has 1 aromatic carbocycles. The van der Waals surface area contributed by atoms with Gasteiger partial charge in [0, 0.05) is 13.1 Å². The van der Waals surface area contributed by atoms with Crippen LogP contribution in [-0.4, -0.2) is 39.4 Å². The van der Waals surface area contributed by atoms with E-state index >= 15 is 0 Å². The molecule has 1 aliphatic heterocycles. The maximum atomic E-state index is 11.0. The maximum Gasteiger partial charge on any atom is 0.190 e. The zero-order valence-electron chi connectivity index (χ0n) is 14.3. The molecule has 0 amide bonds. The summed E-state index contributed by atoms with van der Waals surface area (Å²) in [6, 6.07) is 9.96.